The normalized spacial score (nSPS) is 23.1. The highest BCUT2D eigenvalue weighted by atomic mass is 16.3. The number of aliphatic hydroxyl groups excluding tert-OH is 1. The van der Waals surface area contributed by atoms with Gasteiger partial charge in [-0.1, -0.05) is 13.3 Å². The fraction of sp³-hybridized carbons (Fsp3) is 0.615. The third kappa shape index (κ3) is 2.40. The van der Waals surface area contributed by atoms with Gasteiger partial charge in [-0.15, -0.1) is 15.3 Å². The van der Waals surface area contributed by atoms with E-state index in [0.717, 1.165) is 49.5 Å². The third-order valence-corrected chi connectivity index (χ3v) is 3.81. The van der Waals surface area contributed by atoms with E-state index in [9.17, 15) is 5.11 Å². The Bertz CT molecular complexity index is 567. The maximum atomic E-state index is 9.80. The Morgan fingerprint density at radius 3 is 3.00 bits per heavy atom. The van der Waals surface area contributed by atoms with Crippen LogP contribution < -0.4 is 5.32 Å². The summed E-state index contributed by atoms with van der Waals surface area (Å²) in [5, 5.41) is 25.7. The van der Waals surface area contributed by atoms with Crippen LogP contribution in [-0.2, 0) is 6.42 Å². The first kappa shape index (κ1) is 12.3. The van der Waals surface area contributed by atoms with E-state index < -0.39 is 0 Å². The van der Waals surface area contributed by atoms with Crippen LogP contribution in [0.2, 0.25) is 0 Å². The summed E-state index contributed by atoms with van der Waals surface area (Å²) >= 11 is 0. The zero-order chi connectivity index (χ0) is 13.2. The summed E-state index contributed by atoms with van der Waals surface area (Å²) in [6.07, 6.45) is 3.76. The molecule has 2 aromatic rings. The summed E-state index contributed by atoms with van der Waals surface area (Å²) in [4.78, 5) is 0. The number of anilines is 1. The molecule has 1 fully saturated rings. The quantitative estimate of drug-likeness (QED) is 0.866. The van der Waals surface area contributed by atoms with Crippen molar-refractivity contribution in [3.05, 3.63) is 18.0 Å². The molecule has 0 spiro atoms. The lowest BCUT2D eigenvalue weighted by Crippen LogP contribution is -2.22. The second-order valence-electron chi connectivity index (χ2n) is 5.10. The van der Waals surface area contributed by atoms with Crippen LogP contribution in [0, 0.1) is 5.92 Å². The third-order valence-electron chi connectivity index (χ3n) is 3.81. The van der Waals surface area contributed by atoms with Gasteiger partial charge in [0.15, 0.2) is 11.5 Å². The maximum absolute atomic E-state index is 9.80. The summed E-state index contributed by atoms with van der Waals surface area (Å²) < 4.78 is 1.77. The minimum Gasteiger partial charge on any atom is -0.393 e. The number of fused-ring (bicyclic) bond motifs is 1. The second-order valence-corrected chi connectivity index (χ2v) is 5.10. The van der Waals surface area contributed by atoms with Crippen molar-refractivity contribution in [1.29, 1.82) is 0 Å². The average molecular weight is 261 g/mol. The zero-order valence-electron chi connectivity index (χ0n) is 11.1. The summed E-state index contributed by atoms with van der Waals surface area (Å²) in [7, 11) is 0. The first-order chi connectivity index (χ1) is 9.28. The van der Waals surface area contributed by atoms with Crippen molar-refractivity contribution < 1.29 is 5.11 Å². The fourth-order valence-corrected chi connectivity index (χ4v) is 2.64. The lowest BCUT2D eigenvalue weighted by Gasteiger charge is -2.15. The Labute approximate surface area is 111 Å². The smallest absolute Gasteiger partial charge is 0.178 e. The van der Waals surface area contributed by atoms with E-state index in [0.29, 0.717) is 5.92 Å². The molecule has 0 amide bonds. The van der Waals surface area contributed by atoms with Crippen molar-refractivity contribution in [3.63, 3.8) is 0 Å². The minimum atomic E-state index is -0.169. The summed E-state index contributed by atoms with van der Waals surface area (Å²) in [6.45, 7) is 2.80. The first-order valence-corrected chi connectivity index (χ1v) is 6.91. The minimum absolute atomic E-state index is 0.169. The molecule has 1 aliphatic carbocycles. The van der Waals surface area contributed by atoms with Crippen LogP contribution >= 0.6 is 0 Å². The van der Waals surface area contributed by atoms with Gasteiger partial charge in [0.25, 0.3) is 0 Å². The van der Waals surface area contributed by atoms with Crippen molar-refractivity contribution >= 4 is 11.5 Å². The van der Waals surface area contributed by atoms with Crippen molar-refractivity contribution in [2.24, 2.45) is 5.92 Å². The monoisotopic (exact) mass is 261 g/mol. The molecule has 2 heterocycles. The molecule has 0 unspecified atom stereocenters. The van der Waals surface area contributed by atoms with Gasteiger partial charge in [-0.2, -0.15) is 4.52 Å². The van der Waals surface area contributed by atoms with Crippen molar-refractivity contribution in [3.8, 4) is 0 Å². The maximum Gasteiger partial charge on any atom is 0.178 e. The Balaban J connectivity index is 1.73. The Kier molecular flexibility index (Phi) is 3.33. The van der Waals surface area contributed by atoms with Crippen LogP contribution in [-0.4, -0.2) is 37.6 Å². The molecule has 0 aliphatic heterocycles. The molecule has 2 aromatic heterocycles. The highest BCUT2D eigenvalue weighted by Crippen LogP contribution is 2.25. The van der Waals surface area contributed by atoms with Crippen molar-refractivity contribution in [2.75, 3.05) is 11.9 Å². The van der Waals surface area contributed by atoms with Crippen LogP contribution in [0.15, 0.2) is 12.1 Å². The van der Waals surface area contributed by atoms with E-state index in [-0.39, 0.29) is 6.10 Å². The SMILES string of the molecule is CCc1nnc2ccc(NC[C@@H]3CCC[C@H]3O)nn12. The summed E-state index contributed by atoms with van der Waals surface area (Å²) in [6, 6.07) is 3.82. The predicted molar refractivity (Wildman–Crippen MR) is 72.0 cm³/mol. The Morgan fingerprint density at radius 2 is 2.26 bits per heavy atom. The molecule has 1 saturated carbocycles. The second kappa shape index (κ2) is 5.13. The van der Waals surface area contributed by atoms with Crippen molar-refractivity contribution in [1.82, 2.24) is 19.8 Å². The average Bonchev–Trinajstić information content (AvgIpc) is 3.02. The van der Waals surface area contributed by atoms with E-state index in [1.165, 1.54) is 0 Å². The number of aryl methyl sites for hydroxylation is 1. The number of hydrogen-bond acceptors (Lipinski definition) is 5. The van der Waals surface area contributed by atoms with Crippen LogP contribution in [0.3, 0.4) is 0 Å². The summed E-state index contributed by atoms with van der Waals surface area (Å²) in [5.74, 6) is 2.00. The van der Waals surface area contributed by atoms with Gasteiger partial charge in [0, 0.05) is 18.9 Å². The van der Waals surface area contributed by atoms with Gasteiger partial charge >= 0.3 is 0 Å². The van der Waals surface area contributed by atoms with Gasteiger partial charge < -0.3 is 10.4 Å². The first-order valence-electron chi connectivity index (χ1n) is 6.91. The molecule has 0 aromatic carbocycles. The highest BCUT2D eigenvalue weighted by Gasteiger charge is 2.24. The highest BCUT2D eigenvalue weighted by molar-refractivity contribution is 5.43. The van der Waals surface area contributed by atoms with E-state index >= 15 is 0 Å². The van der Waals surface area contributed by atoms with Gasteiger partial charge in [-0.25, -0.2) is 0 Å². The molecular formula is C13H19N5O. The van der Waals surface area contributed by atoms with Crippen LogP contribution in [0.5, 0.6) is 0 Å². The molecule has 0 saturated heterocycles. The molecule has 2 atom stereocenters. The molecule has 6 nitrogen and oxygen atoms in total. The fourth-order valence-electron chi connectivity index (χ4n) is 2.64. The molecule has 1 aliphatic rings. The zero-order valence-corrected chi connectivity index (χ0v) is 11.1. The number of nitrogens with zero attached hydrogens (tertiary/aromatic N) is 4. The molecule has 0 radical (unpaired) electrons. The van der Waals surface area contributed by atoms with Gasteiger partial charge in [0.05, 0.1) is 6.10 Å². The molecule has 3 rings (SSSR count). The van der Waals surface area contributed by atoms with Crippen molar-refractivity contribution in [2.45, 2.75) is 38.7 Å². The predicted octanol–water partition coefficient (Wildman–Crippen LogP) is 1.26. The Hall–Kier alpha value is -1.69. The number of hydrogen-bond donors (Lipinski definition) is 2. The molecule has 6 heteroatoms. The van der Waals surface area contributed by atoms with Crippen LogP contribution in [0.25, 0.3) is 5.65 Å². The van der Waals surface area contributed by atoms with Gasteiger partial charge in [-0.3, -0.25) is 0 Å². The Morgan fingerprint density at radius 1 is 1.37 bits per heavy atom. The lowest BCUT2D eigenvalue weighted by atomic mass is 10.1. The number of rotatable bonds is 4. The van der Waals surface area contributed by atoms with E-state index in [2.05, 4.69) is 20.6 Å². The number of aromatic nitrogens is 4. The summed E-state index contributed by atoms with van der Waals surface area (Å²) in [5.41, 5.74) is 0.767. The largest absolute Gasteiger partial charge is 0.393 e. The topological polar surface area (TPSA) is 75.3 Å². The number of nitrogens with one attached hydrogen (secondary N) is 1. The van der Waals surface area contributed by atoms with E-state index in [4.69, 9.17) is 0 Å². The van der Waals surface area contributed by atoms with E-state index in [1.54, 1.807) is 4.52 Å². The van der Waals surface area contributed by atoms with E-state index in [1.807, 2.05) is 19.1 Å². The lowest BCUT2D eigenvalue weighted by molar-refractivity contribution is 0.138. The number of aliphatic hydroxyl groups is 1. The van der Waals surface area contributed by atoms with Gasteiger partial charge in [0.1, 0.15) is 5.82 Å². The molecule has 2 N–H and O–H groups in total. The van der Waals surface area contributed by atoms with Crippen LogP contribution in [0.1, 0.15) is 32.0 Å². The molecule has 19 heavy (non-hydrogen) atoms. The van der Waals surface area contributed by atoms with Gasteiger partial charge in [0.2, 0.25) is 0 Å². The molecular weight excluding hydrogens is 242 g/mol. The van der Waals surface area contributed by atoms with Crippen LogP contribution in [0.4, 0.5) is 5.82 Å². The van der Waals surface area contributed by atoms with Gasteiger partial charge in [-0.05, 0) is 25.0 Å². The standard InChI is InChI=1S/C13H19N5O/c1-2-12-15-16-13-7-6-11(17-18(12)13)14-8-9-4-3-5-10(9)19/h6-7,9-10,19H,2-5,8H2,1H3,(H,14,17)/t9-,10+/m0/s1. The molecule has 102 valence electrons. The molecule has 0 bridgehead atoms.